The number of ether oxygens (including phenoxy) is 2. The average molecular weight is 426 g/mol. The van der Waals surface area contributed by atoms with Gasteiger partial charge in [0, 0.05) is 31.1 Å². The molecule has 28 heavy (non-hydrogen) atoms. The molecule has 1 saturated carbocycles. The van der Waals surface area contributed by atoms with Gasteiger partial charge in [0.05, 0.1) is 48.0 Å². The number of carbonyl (C=O) groups is 1. The summed E-state index contributed by atoms with van der Waals surface area (Å²) in [4.78, 5) is 14.6. The molecule has 0 bridgehead atoms. The fourth-order valence-electron chi connectivity index (χ4n) is 2.99. The van der Waals surface area contributed by atoms with Gasteiger partial charge in [-0.3, -0.25) is 4.79 Å². The lowest BCUT2D eigenvalue weighted by molar-refractivity contribution is 0.0423. The van der Waals surface area contributed by atoms with Gasteiger partial charge in [0.15, 0.2) is 0 Å². The van der Waals surface area contributed by atoms with E-state index in [-0.39, 0.29) is 5.91 Å². The predicted octanol–water partition coefficient (Wildman–Crippen LogP) is 4.18. The lowest BCUT2D eigenvalue weighted by Crippen LogP contribution is -2.31. The third-order valence-electron chi connectivity index (χ3n) is 4.63. The van der Waals surface area contributed by atoms with Gasteiger partial charge in [0.2, 0.25) is 0 Å². The van der Waals surface area contributed by atoms with Gasteiger partial charge in [0.1, 0.15) is 0 Å². The van der Waals surface area contributed by atoms with Gasteiger partial charge >= 0.3 is 0 Å². The summed E-state index contributed by atoms with van der Waals surface area (Å²) in [5.41, 5.74) is 2.26. The summed E-state index contributed by atoms with van der Waals surface area (Å²) >= 11 is 12.4. The number of halogens is 2. The van der Waals surface area contributed by atoms with Crippen LogP contribution in [0.4, 0.5) is 0 Å². The Labute approximate surface area is 175 Å². The fourth-order valence-corrected chi connectivity index (χ4v) is 3.48. The Morgan fingerprint density at radius 2 is 2.00 bits per heavy atom. The van der Waals surface area contributed by atoms with E-state index in [0.717, 1.165) is 24.2 Å². The second-order valence-corrected chi connectivity index (χ2v) is 7.60. The zero-order valence-corrected chi connectivity index (χ0v) is 17.7. The van der Waals surface area contributed by atoms with E-state index >= 15 is 0 Å². The van der Waals surface area contributed by atoms with Crippen molar-refractivity contribution in [1.29, 1.82) is 0 Å². The number of hydrogen-bond donors (Lipinski definition) is 0. The van der Waals surface area contributed by atoms with E-state index < -0.39 is 0 Å². The molecule has 3 rings (SSSR count). The number of rotatable bonds is 10. The Balaban J connectivity index is 1.72. The standard InChI is InChI=1S/C20H25Cl2N3O3/c1-3-27-10-11-28-9-8-24(2)20(26)16-13-23-25(19(16)14-4-5-14)18-7-6-15(21)12-17(18)22/h6-7,12-14H,3-5,8-11H2,1-2H3. The molecular formula is C20H25Cl2N3O3. The number of hydrogen-bond acceptors (Lipinski definition) is 4. The zero-order chi connectivity index (χ0) is 20.1. The van der Waals surface area contributed by atoms with E-state index in [1.54, 1.807) is 35.0 Å². The van der Waals surface area contributed by atoms with E-state index in [1.165, 1.54) is 0 Å². The lowest BCUT2D eigenvalue weighted by atomic mass is 10.1. The van der Waals surface area contributed by atoms with Crippen LogP contribution < -0.4 is 0 Å². The second kappa shape index (κ2) is 9.74. The van der Waals surface area contributed by atoms with Crippen LogP contribution in [0, 0.1) is 0 Å². The highest BCUT2D eigenvalue weighted by Crippen LogP contribution is 2.43. The monoisotopic (exact) mass is 425 g/mol. The normalized spacial score (nSPS) is 13.7. The summed E-state index contributed by atoms with van der Waals surface area (Å²) in [6, 6.07) is 5.28. The molecule has 6 nitrogen and oxygen atoms in total. The molecule has 152 valence electrons. The Hall–Kier alpha value is -1.60. The fraction of sp³-hybridized carbons (Fsp3) is 0.500. The molecule has 1 aliphatic rings. The molecule has 1 fully saturated rings. The van der Waals surface area contributed by atoms with Gasteiger partial charge in [-0.05, 0) is 38.0 Å². The summed E-state index contributed by atoms with van der Waals surface area (Å²) in [7, 11) is 1.78. The largest absolute Gasteiger partial charge is 0.379 e. The summed E-state index contributed by atoms with van der Waals surface area (Å²) in [5.74, 6) is 0.260. The quantitative estimate of drug-likeness (QED) is 0.535. The molecule has 8 heteroatoms. The summed E-state index contributed by atoms with van der Waals surface area (Å²) in [6.45, 7) is 4.67. The maximum absolute atomic E-state index is 13.0. The molecule has 0 spiro atoms. The summed E-state index contributed by atoms with van der Waals surface area (Å²) in [6.07, 6.45) is 3.72. The van der Waals surface area contributed by atoms with Crippen molar-refractivity contribution in [2.24, 2.45) is 0 Å². The highest BCUT2D eigenvalue weighted by Gasteiger charge is 2.34. The average Bonchev–Trinajstić information content (AvgIpc) is 3.42. The van der Waals surface area contributed by atoms with Crippen molar-refractivity contribution in [1.82, 2.24) is 14.7 Å². The van der Waals surface area contributed by atoms with Gasteiger partial charge in [-0.1, -0.05) is 23.2 Å². The molecule has 2 aromatic rings. The minimum atomic E-state index is -0.0633. The maximum atomic E-state index is 13.0. The molecule has 0 saturated heterocycles. The Morgan fingerprint density at radius 1 is 1.25 bits per heavy atom. The van der Waals surface area contributed by atoms with Crippen LogP contribution in [-0.2, 0) is 9.47 Å². The first-order valence-electron chi connectivity index (χ1n) is 9.47. The molecule has 1 aromatic heterocycles. The van der Waals surface area contributed by atoms with Crippen molar-refractivity contribution in [3.63, 3.8) is 0 Å². The van der Waals surface area contributed by atoms with Crippen molar-refractivity contribution in [3.05, 3.63) is 45.7 Å². The Kier molecular flexibility index (Phi) is 7.35. The van der Waals surface area contributed by atoms with Crippen LogP contribution in [0.15, 0.2) is 24.4 Å². The number of nitrogens with zero attached hydrogens (tertiary/aromatic N) is 3. The van der Waals surface area contributed by atoms with Crippen LogP contribution in [0.2, 0.25) is 10.0 Å². The highest BCUT2D eigenvalue weighted by molar-refractivity contribution is 6.35. The third-order valence-corrected chi connectivity index (χ3v) is 5.17. The van der Waals surface area contributed by atoms with Gasteiger partial charge in [-0.25, -0.2) is 4.68 Å². The molecule has 1 aliphatic carbocycles. The van der Waals surface area contributed by atoms with Crippen LogP contribution >= 0.6 is 23.2 Å². The van der Waals surface area contributed by atoms with E-state index in [4.69, 9.17) is 32.7 Å². The third kappa shape index (κ3) is 5.06. The first kappa shape index (κ1) is 21.1. The van der Waals surface area contributed by atoms with Crippen molar-refractivity contribution in [3.8, 4) is 5.69 Å². The van der Waals surface area contributed by atoms with Crippen LogP contribution in [0.5, 0.6) is 0 Å². The topological polar surface area (TPSA) is 56.6 Å². The highest BCUT2D eigenvalue weighted by atomic mass is 35.5. The molecule has 1 aromatic carbocycles. The van der Waals surface area contributed by atoms with Crippen LogP contribution in [0.25, 0.3) is 5.69 Å². The van der Waals surface area contributed by atoms with Crippen molar-refractivity contribution in [2.75, 3.05) is 40.0 Å². The van der Waals surface area contributed by atoms with E-state index in [9.17, 15) is 4.79 Å². The number of likely N-dealkylation sites (N-methyl/N-ethyl adjacent to an activating group) is 1. The lowest BCUT2D eigenvalue weighted by Gasteiger charge is -2.18. The first-order chi connectivity index (χ1) is 13.5. The molecular weight excluding hydrogens is 401 g/mol. The SMILES string of the molecule is CCOCCOCCN(C)C(=O)c1cnn(-c2ccc(Cl)cc2Cl)c1C1CC1. The molecule has 0 atom stereocenters. The summed E-state index contributed by atoms with van der Waals surface area (Å²) in [5, 5.41) is 5.54. The first-order valence-corrected chi connectivity index (χ1v) is 10.2. The summed E-state index contributed by atoms with van der Waals surface area (Å²) < 4.78 is 12.5. The zero-order valence-electron chi connectivity index (χ0n) is 16.2. The van der Waals surface area contributed by atoms with Gasteiger partial charge in [-0.2, -0.15) is 5.10 Å². The number of benzene rings is 1. The Bertz CT molecular complexity index is 821. The van der Waals surface area contributed by atoms with Crippen molar-refractivity contribution in [2.45, 2.75) is 25.7 Å². The van der Waals surface area contributed by atoms with Crippen LogP contribution in [0.3, 0.4) is 0 Å². The van der Waals surface area contributed by atoms with Crippen LogP contribution in [-0.4, -0.2) is 60.6 Å². The minimum absolute atomic E-state index is 0.0633. The molecule has 0 aliphatic heterocycles. The Morgan fingerprint density at radius 3 is 2.68 bits per heavy atom. The smallest absolute Gasteiger partial charge is 0.257 e. The minimum Gasteiger partial charge on any atom is -0.379 e. The van der Waals surface area contributed by atoms with Crippen molar-refractivity contribution < 1.29 is 14.3 Å². The van der Waals surface area contributed by atoms with Crippen LogP contribution in [0.1, 0.15) is 41.7 Å². The number of aromatic nitrogens is 2. The molecule has 0 unspecified atom stereocenters. The van der Waals surface area contributed by atoms with Gasteiger partial charge in [-0.15, -0.1) is 0 Å². The van der Waals surface area contributed by atoms with Gasteiger partial charge < -0.3 is 14.4 Å². The molecule has 1 amide bonds. The number of amides is 1. The molecule has 1 heterocycles. The van der Waals surface area contributed by atoms with E-state index in [1.807, 2.05) is 13.0 Å². The predicted molar refractivity (Wildman–Crippen MR) is 110 cm³/mol. The maximum Gasteiger partial charge on any atom is 0.257 e. The van der Waals surface area contributed by atoms with Crippen molar-refractivity contribution >= 4 is 29.1 Å². The van der Waals surface area contributed by atoms with Gasteiger partial charge in [0.25, 0.3) is 5.91 Å². The van der Waals surface area contributed by atoms with E-state index in [0.29, 0.717) is 54.5 Å². The second-order valence-electron chi connectivity index (χ2n) is 6.76. The van der Waals surface area contributed by atoms with E-state index in [2.05, 4.69) is 5.10 Å². The molecule has 0 radical (unpaired) electrons. The molecule has 0 N–H and O–H groups in total. The number of carbonyl (C=O) groups excluding carboxylic acids is 1.